The first-order valence-corrected chi connectivity index (χ1v) is 7.79. The lowest BCUT2D eigenvalue weighted by Gasteiger charge is -2.20. The van der Waals surface area contributed by atoms with Crippen LogP contribution < -0.4 is 0 Å². The number of carboxylic acids is 1. The molecule has 2 heterocycles. The molecule has 1 amide bonds. The third kappa shape index (κ3) is 2.60. The monoisotopic (exact) mass is 315 g/mol. The highest BCUT2D eigenvalue weighted by atomic mass is 16.4. The molecule has 1 aliphatic heterocycles. The van der Waals surface area contributed by atoms with Crippen molar-refractivity contribution in [2.75, 3.05) is 13.1 Å². The highest BCUT2D eigenvalue weighted by Gasteiger charge is 2.42. The number of hydrogen-bond acceptors (Lipinski definition) is 3. The van der Waals surface area contributed by atoms with Gasteiger partial charge in [0, 0.05) is 24.0 Å². The van der Waals surface area contributed by atoms with Crippen LogP contribution in [0.25, 0.3) is 11.0 Å². The minimum atomic E-state index is -0.840. The molecule has 0 spiro atoms. The van der Waals surface area contributed by atoms with E-state index in [0.29, 0.717) is 13.0 Å². The van der Waals surface area contributed by atoms with E-state index in [1.54, 1.807) is 18.1 Å². The van der Waals surface area contributed by atoms with Gasteiger partial charge in [0.05, 0.1) is 18.1 Å². The number of amides is 1. The second-order valence-electron chi connectivity index (χ2n) is 6.75. The molecule has 0 radical (unpaired) electrons. The van der Waals surface area contributed by atoms with E-state index in [-0.39, 0.29) is 18.9 Å². The molecular weight excluding hydrogens is 294 g/mol. The maximum Gasteiger partial charge on any atom is 0.311 e. The first-order chi connectivity index (χ1) is 10.8. The zero-order chi connectivity index (χ0) is 16.8. The number of likely N-dealkylation sites (tertiary alicyclic amines) is 1. The van der Waals surface area contributed by atoms with E-state index in [4.69, 9.17) is 4.42 Å². The Kier molecular flexibility index (Phi) is 3.66. The minimum absolute atomic E-state index is 0.0455. The second kappa shape index (κ2) is 5.41. The van der Waals surface area contributed by atoms with Crippen molar-refractivity contribution in [2.24, 2.45) is 5.41 Å². The number of benzene rings is 1. The number of fused-ring (bicyclic) bond motifs is 1. The van der Waals surface area contributed by atoms with Crippen LogP contribution in [0, 0.1) is 19.3 Å². The van der Waals surface area contributed by atoms with Gasteiger partial charge in [-0.05, 0) is 38.3 Å². The van der Waals surface area contributed by atoms with Crippen LogP contribution in [-0.2, 0) is 16.0 Å². The quantitative estimate of drug-likeness (QED) is 0.945. The van der Waals surface area contributed by atoms with Crippen LogP contribution >= 0.6 is 0 Å². The molecule has 1 aromatic carbocycles. The second-order valence-corrected chi connectivity index (χ2v) is 6.75. The summed E-state index contributed by atoms with van der Waals surface area (Å²) in [5.41, 5.74) is 3.09. The largest absolute Gasteiger partial charge is 0.481 e. The third-order valence-electron chi connectivity index (χ3n) is 5.03. The van der Waals surface area contributed by atoms with Crippen molar-refractivity contribution in [2.45, 2.75) is 33.6 Å². The van der Waals surface area contributed by atoms with Crippen molar-refractivity contribution in [1.82, 2.24) is 4.90 Å². The first kappa shape index (κ1) is 15.6. The molecule has 1 saturated heterocycles. The lowest BCUT2D eigenvalue weighted by Crippen LogP contribution is -2.35. The average molecular weight is 315 g/mol. The summed E-state index contributed by atoms with van der Waals surface area (Å²) in [6.07, 6.45) is 2.38. The number of rotatable bonds is 3. The molecule has 1 unspecified atom stereocenters. The third-order valence-corrected chi connectivity index (χ3v) is 5.03. The van der Waals surface area contributed by atoms with Gasteiger partial charge < -0.3 is 14.4 Å². The summed E-state index contributed by atoms with van der Waals surface area (Å²) in [7, 11) is 0. The summed E-state index contributed by atoms with van der Waals surface area (Å²) < 4.78 is 5.64. The lowest BCUT2D eigenvalue weighted by atomic mass is 9.90. The minimum Gasteiger partial charge on any atom is -0.481 e. The van der Waals surface area contributed by atoms with Gasteiger partial charge >= 0.3 is 5.97 Å². The maximum absolute atomic E-state index is 12.5. The van der Waals surface area contributed by atoms with E-state index >= 15 is 0 Å². The standard InChI is InChI=1S/C18H21NO4/c1-11-4-5-14-13(9-23-16(14)12(11)2)8-15(20)19-7-6-18(3,10-19)17(21)22/h4-5,9H,6-8,10H2,1-3H3,(H,21,22). The average Bonchev–Trinajstić information content (AvgIpc) is 3.09. The summed E-state index contributed by atoms with van der Waals surface area (Å²) in [5, 5.41) is 10.2. The Morgan fingerprint density at radius 1 is 1.35 bits per heavy atom. The Hall–Kier alpha value is -2.30. The van der Waals surface area contributed by atoms with Crippen molar-refractivity contribution in [3.05, 3.63) is 35.1 Å². The molecule has 0 saturated carbocycles. The summed E-state index contributed by atoms with van der Waals surface area (Å²) in [4.78, 5) is 25.5. The molecule has 1 aromatic heterocycles. The number of furan rings is 1. The Labute approximate surface area is 134 Å². The van der Waals surface area contributed by atoms with Crippen LogP contribution in [-0.4, -0.2) is 35.0 Å². The van der Waals surface area contributed by atoms with E-state index in [9.17, 15) is 14.7 Å². The lowest BCUT2D eigenvalue weighted by molar-refractivity contribution is -0.147. The van der Waals surface area contributed by atoms with Crippen LogP contribution in [0.4, 0.5) is 0 Å². The van der Waals surface area contributed by atoms with Gasteiger partial charge in [-0.25, -0.2) is 0 Å². The fourth-order valence-electron chi connectivity index (χ4n) is 3.15. The molecule has 1 fully saturated rings. The van der Waals surface area contributed by atoms with E-state index in [1.165, 1.54) is 0 Å². The summed E-state index contributed by atoms with van der Waals surface area (Å²) in [6, 6.07) is 4.01. The Bertz CT molecular complexity index is 792. The van der Waals surface area contributed by atoms with Crippen LogP contribution in [0.3, 0.4) is 0 Å². The van der Waals surface area contributed by atoms with Gasteiger partial charge in [-0.15, -0.1) is 0 Å². The molecule has 3 rings (SSSR count). The van der Waals surface area contributed by atoms with Crippen LogP contribution in [0.2, 0.25) is 0 Å². The number of aliphatic carboxylic acids is 1. The molecule has 1 atom stereocenters. The summed E-state index contributed by atoms with van der Waals surface area (Å²) in [5.74, 6) is -0.886. The molecule has 23 heavy (non-hydrogen) atoms. The number of aryl methyl sites for hydroxylation is 2. The molecular formula is C18H21NO4. The Morgan fingerprint density at radius 2 is 2.09 bits per heavy atom. The zero-order valence-electron chi connectivity index (χ0n) is 13.7. The Morgan fingerprint density at radius 3 is 2.74 bits per heavy atom. The molecule has 5 heteroatoms. The highest BCUT2D eigenvalue weighted by molar-refractivity contribution is 5.90. The number of carbonyl (C=O) groups is 2. The van der Waals surface area contributed by atoms with Crippen LogP contribution in [0.1, 0.15) is 30.0 Å². The fraction of sp³-hybridized carbons (Fsp3) is 0.444. The van der Waals surface area contributed by atoms with Gasteiger partial charge in [0.15, 0.2) is 0 Å². The predicted molar refractivity (Wildman–Crippen MR) is 86.3 cm³/mol. The van der Waals surface area contributed by atoms with Crippen molar-refractivity contribution < 1.29 is 19.1 Å². The first-order valence-electron chi connectivity index (χ1n) is 7.79. The van der Waals surface area contributed by atoms with Crippen molar-refractivity contribution >= 4 is 22.8 Å². The molecule has 1 N–H and O–H groups in total. The Balaban J connectivity index is 1.79. The molecule has 2 aromatic rings. The molecule has 0 aliphatic carbocycles. The van der Waals surface area contributed by atoms with Gasteiger partial charge in [0.25, 0.3) is 0 Å². The van der Waals surface area contributed by atoms with Crippen LogP contribution in [0.15, 0.2) is 22.8 Å². The van der Waals surface area contributed by atoms with E-state index in [1.807, 2.05) is 26.0 Å². The van der Waals surface area contributed by atoms with Crippen molar-refractivity contribution in [1.29, 1.82) is 0 Å². The van der Waals surface area contributed by atoms with E-state index in [0.717, 1.165) is 27.7 Å². The SMILES string of the molecule is Cc1ccc2c(CC(=O)N3CCC(C)(C(=O)O)C3)coc2c1C. The van der Waals surface area contributed by atoms with E-state index in [2.05, 4.69) is 0 Å². The number of hydrogen-bond donors (Lipinski definition) is 1. The predicted octanol–water partition coefficient (Wildman–Crippen LogP) is 2.92. The topological polar surface area (TPSA) is 70.8 Å². The van der Waals surface area contributed by atoms with Gasteiger partial charge in [-0.2, -0.15) is 0 Å². The highest BCUT2D eigenvalue weighted by Crippen LogP contribution is 2.31. The van der Waals surface area contributed by atoms with Gasteiger partial charge in [-0.1, -0.05) is 12.1 Å². The maximum atomic E-state index is 12.5. The van der Waals surface area contributed by atoms with Crippen molar-refractivity contribution in [3.63, 3.8) is 0 Å². The summed E-state index contributed by atoms with van der Waals surface area (Å²) >= 11 is 0. The molecule has 1 aliphatic rings. The normalized spacial score (nSPS) is 21.1. The number of carbonyl (C=O) groups excluding carboxylic acids is 1. The number of nitrogens with zero attached hydrogens (tertiary/aromatic N) is 1. The fourth-order valence-corrected chi connectivity index (χ4v) is 3.15. The molecule has 0 bridgehead atoms. The number of carboxylic acid groups (broad SMARTS) is 1. The van der Waals surface area contributed by atoms with Crippen molar-refractivity contribution in [3.8, 4) is 0 Å². The zero-order valence-corrected chi connectivity index (χ0v) is 13.7. The smallest absolute Gasteiger partial charge is 0.311 e. The molecule has 122 valence electrons. The van der Waals surface area contributed by atoms with E-state index < -0.39 is 11.4 Å². The summed E-state index contributed by atoms with van der Waals surface area (Å²) in [6.45, 7) is 6.50. The van der Waals surface area contributed by atoms with Gasteiger partial charge in [-0.3, -0.25) is 9.59 Å². The molecule has 5 nitrogen and oxygen atoms in total. The van der Waals surface area contributed by atoms with Gasteiger partial charge in [0.2, 0.25) is 5.91 Å². The van der Waals surface area contributed by atoms with Crippen LogP contribution in [0.5, 0.6) is 0 Å². The van der Waals surface area contributed by atoms with Gasteiger partial charge in [0.1, 0.15) is 5.58 Å².